The van der Waals surface area contributed by atoms with Crippen LogP contribution >= 0.6 is 0 Å². The fraction of sp³-hybridized carbons (Fsp3) is 0.304. The van der Waals surface area contributed by atoms with Gasteiger partial charge in [0.1, 0.15) is 30.0 Å². The van der Waals surface area contributed by atoms with Gasteiger partial charge in [0.15, 0.2) is 0 Å². The van der Waals surface area contributed by atoms with Gasteiger partial charge in [-0.1, -0.05) is 109 Å². The largest absolute Gasteiger partial charge is 0.493 e. The lowest BCUT2D eigenvalue weighted by molar-refractivity contribution is -0.144. The summed E-state index contributed by atoms with van der Waals surface area (Å²) in [6.45, 7) is 3.44. The summed E-state index contributed by atoms with van der Waals surface area (Å²) in [6.07, 6.45) is 4.00. The molecule has 1 atom stereocenters. The first kappa shape index (κ1) is 36.9. The maximum atomic E-state index is 14.7. The number of carbonyl (C=O) groups is 2. The summed E-state index contributed by atoms with van der Waals surface area (Å²) in [6, 6.07) is 40.6. The molecule has 0 aromatic heterocycles. The molecule has 0 unspecified atom stereocenters. The van der Waals surface area contributed by atoms with Crippen molar-refractivity contribution >= 4 is 11.9 Å². The van der Waals surface area contributed by atoms with Crippen molar-refractivity contribution in [3.8, 4) is 11.5 Å². The van der Waals surface area contributed by atoms with E-state index in [9.17, 15) is 14.0 Å². The Labute approximate surface area is 317 Å². The molecule has 1 aliphatic carbocycles. The number of carbonyl (C=O) groups excluding carboxylic acids is 2. The molecule has 8 heteroatoms. The van der Waals surface area contributed by atoms with Crippen LogP contribution in [0.15, 0.2) is 127 Å². The first-order valence-electron chi connectivity index (χ1n) is 18.8. The van der Waals surface area contributed by atoms with Crippen molar-refractivity contribution < 1.29 is 28.2 Å². The van der Waals surface area contributed by atoms with Gasteiger partial charge in [-0.15, -0.1) is 0 Å². The van der Waals surface area contributed by atoms with Gasteiger partial charge in [0.05, 0.1) is 24.8 Å². The molecular formula is C46H47FN2O5. The zero-order chi connectivity index (χ0) is 37.5. The third-order valence-electron chi connectivity index (χ3n) is 10.9. The lowest BCUT2D eigenvalue weighted by Crippen LogP contribution is -2.55. The Balaban J connectivity index is 0.981. The van der Waals surface area contributed by atoms with Gasteiger partial charge in [0.25, 0.3) is 5.91 Å². The summed E-state index contributed by atoms with van der Waals surface area (Å²) in [5.74, 6) is 1.06. The molecule has 1 amide bonds. The molecule has 1 heterocycles. The fourth-order valence-electron chi connectivity index (χ4n) is 7.99. The van der Waals surface area contributed by atoms with Crippen molar-refractivity contribution in [1.82, 2.24) is 10.2 Å². The second-order valence-corrected chi connectivity index (χ2v) is 14.5. The minimum Gasteiger partial charge on any atom is -0.493 e. The zero-order valence-electron chi connectivity index (χ0n) is 30.9. The van der Waals surface area contributed by atoms with E-state index in [2.05, 4.69) is 41.7 Å². The van der Waals surface area contributed by atoms with Crippen LogP contribution in [0.4, 0.5) is 4.39 Å². The van der Waals surface area contributed by atoms with E-state index < -0.39 is 17.6 Å². The Morgan fingerprint density at radius 1 is 0.778 bits per heavy atom. The number of ether oxygens (including phenoxy) is 3. The highest BCUT2D eigenvalue weighted by atomic mass is 19.1. The summed E-state index contributed by atoms with van der Waals surface area (Å²) in [5.41, 5.74) is 3.58. The van der Waals surface area contributed by atoms with Crippen LogP contribution in [0.3, 0.4) is 0 Å². The molecule has 0 radical (unpaired) electrons. The third-order valence-corrected chi connectivity index (χ3v) is 10.9. The number of hydrogen-bond donors (Lipinski definition) is 1. The molecule has 1 N–H and O–H groups in total. The lowest BCUT2D eigenvalue weighted by atomic mass is 9.76. The zero-order valence-corrected chi connectivity index (χ0v) is 30.9. The third kappa shape index (κ3) is 7.90. The topological polar surface area (TPSA) is 77.1 Å². The highest BCUT2D eigenvalue weighted by molar-refractivity contribution is 5.98. The maximum absolute atomic E-state index is 14.7. The van der Waals surface area contributed by atoms with Crippen molar-refractivity contribution in [2.24, 2.45) is 11.8 Å². The van der Waals surface area contributed by atoms with Crippen molar-refractivity contribution in [1.29, 1.82) is 0 Å². The molecule has 0 bridgehead atoms. The van der Waals surface area contributed by atoms with Gasteiger partial charge >= 0.3 is 5.97 Å². The fourth-order valence-corrected chi connectivity index (χ4v) is 7.99. The van der Waals surface area contributed by atoms with E-state index in [1.54, 1.807) is 13.0 Å². The first-order valence-corrected chi connectivity index (χ1v) is 18.8. The number of nitrogens with zero attached hydrogens (tertiary/aromatic N) is 1. The van der Waals surface area contributed by atoms with E-state index in [-0.39, 0.29) is 23.9 Å². The molecule has 1 fully saturated rings. The maximum Gasteiger partial charge on any atom is 0.326 e. The van der Waals surface area contributed by atoms with Gasteiger partial charge in [-0.05, 0) is 84.4 Å². The predicted octanol–water partition coefficient (Wildman–Crippen LogP) is 8.48. The number of rotatable bonds is 14. The highest BCUT2D eigenvalue weighted by Crippen LogP contribution is 2.38. The molecule has 5 aromatic rings. The molecule has 7 nitrogen and oxygen atoms in total. The van der Waals surface area contributed by atoms with E-state index in [0.29, 0.717) is 48.6 Å². The molecule has 0 spiro atoms. The Morgan fingerprint density at radius 3 is 1.91 bits per heavy atom. The molecule has 0 saturated heterocycles. The molecule has 5 aromatic carbocycles. The lowest BCUT2D eigenvalue weighted by Gasteiger charge is -2.39. The van der Waals surface area contributed by atoms with E-state index in [1.165, 1.54) is 7.11 Å². The Morgan fingerprint density at radius 2 is 1.33 bits per heavy atom. The number of esters is 1. The number of aryl methyl sites for hydroxylation is 1. The predicted molar refractivity (Wildman–Crippen MR) is 207 cm³/mol. The molecule has 1 aliphatic heterocycles. The molecule has 7 rings (SSSR count). The number of fused-ring (bicyclic) bond motifs is 1. The van der Waals surface area contributed by atoms with Crippen molar-refractivity contribution in [3.63, 3.8) is 0 Å². The van der Waals surface area contributed by atoms with Crippen LogP contribution < -0.4 is 14.8 Å². The molecule has 54 heavy (non-hydrogen) atoms. The van der Waals surface area contributed by atoms with Gasteiger partial charge < -0.3 is 19.1 Å². The van der Waals surface area contributed by atoms with Gasteiger partial charge in [-0.2, -0.15) is 0 Å². The summed E-state index contributed by atoms with van der Waals surface area (Å²) in [7, 11) is 1.39. The van der Waals surface area contributed by atoms with Crippen LogP contribution in [0.1, 0.15) is 63.9 Å². The van der Waals surface area contributed by atoms with E-state index >= 15 is 0 Å². The summed E-state index contributed by atoms with van der Waals surface area (Å²) in [4.78, 5) is 28.2. The van der Waals surface area contributed by atoms with Gasteiger partial charge in [-0.3, -0.25) is 14.9 Å². The standard InChI is InChI=1S/C46H47FN2O5/c1-32-21-26-35-29-49(44(50)42(35)43(32)47)28-33-22-24-34(25-23-33)30-53-39-19-12-20-40(27-39)54-31-41(45(51)52-2)48-46(36-13-6-3-7-14-36,37-15-8-4-9-16-37)38-17-10-5-11-18-38/h3-21,26-27,33-34,41,48H,22-25,28-31H2,1-2H3/t33-,34-,41-/m0/s1. The van der Waals surface area contributed by atoms with E-state index in [1.807, 2.05) is 89.8 Å². The summed E-state index contributed by atoms with van der Waals surface area (Å²) in [5, 5.41) is 3.69. The van der Waals surface area contributed by atoms with Gasteiger partial charge in [-0.25, -0.2) is 4.39 Å². The Bertz CT molecular complexity index is 1940. The number of nitrogens with one attached hydrogen (secondary N) is 1. The number of amides is 1. The molecule has 278 valence electrons. The molecular weight excluding hydrogens is 680 g/mol. The van der Waals surface area contributed by atoms with Crippen molar-refractivity contribution in [2.45, 2.75) is 50.7 Å². The minimum absolute atomic E-state index is 0.0191. The Hall–Kier alpha value is -5.47. The average Bonchev–Trinajstić information content (AvgIpc) is 3.54. The number of benzene rings is 5. The number of hydrogen-bond acceptors (Lipinski definition) is 6. The smallest absolute Gasteiger partial charge is 0.326 e. The highest BCUT2D eigenvalue weighted by Gasteiger charge is 2.40. The van der Waals surface area contributed by atoms with Crippen LogP contribution in [-0.2, 0) is 21.6 Å². The minimum atomic E-state index is -0.887. The first-order chi connectivity index (χ1) is 26.4. The molecule has 1 saturated carbocycles. The van der Waals surface area contributed by atoms with Crippen LogP contribution in [-0.4, -0.2) is 49.7 Å². The van der Waals surface area contributed by atoms with Crippen LogP contribution in [0.25, 0.3) is 0 Å². The van der Waals surface area contributed by atoms with Crippen LogP contribution in [0.5, 0.6) is 11.5 Å². The SMILES string of the molecule is COC(=O)[C@H](COc1cccc(OC[C@H]2CC[C@H](CN3Cc4ccc(C)c(F)c4C3=O)CC2)c1)NC(c1ccccc1)(c1ccccc1)c1ccccc1. The van der Waals surface area contributed by atoms with Gasteiger partial charge in [0, 0.05) is 19.2 Å². The van der Waals surface area contributed by atoms with Gasteiger partial charge in [0.2, 0.25) is 0 Å². The average molecular weight is 727 g/mol. The molecule has 2 aliphatic rings. The number of halogens is 1. The quantitative estimate of drug-likeness (QED) is 0.0915. The monoisotopic (exact) mass is 726 g/mol. The second kappa shape index (κ2) is 16.7. The summed E-state index contributed by atoms with van der Waals surface area (Å²) < 4.78 is 32.6. The second-order valence-electron chi connectivity index (χ2n) is 14.5. The normalized spacial score (nSPS) is 17.5. The van der Waals surface area contributed by atoms with E-state index in [0.717, 1.165) is 47.9 Å². The number of methoxy groups -OCH3 is 1. The van der Waals surface area contributed by atoms with E-state index in [4.69, 9.17) is 14.2 Å². The van der Waals surface area contributed by atoms with Crippen molar-refractivity contribution in [2.75, 3.05) is 26.9 Å². The van der Waals surface area contributed by atoms with Crippen LogP contribution in [0.2, 0.25) is 0 Å². The Kier molecular flexibility index (Phi) is 11.4. The van der Waals surface area contributed by atoms with Crippen LogP contribution in [0, 0.1) is 24.6 Å². The summed E-state index contributed by atoms with van der Waals surface area (Å²) >= 11 is 0. The van der Waals surface area contributed by atoms with Crippen molar-refractivity contribution in [3.05, 3.63) is 167 Å².